The maximum atomic E-state index is 10.3. The number of benzene rings is 1. The van der Waals surface area contributed by atoms with Crippen LogP contribution in [0.15, 0.2) is 30.3 Å². The van der Waals surface area contributed by atoms with Crippen LogP contribution in [0.3, 0.4) is 0 Å². The smallest absolute Gasteiger partial charge is 0.0964 e. The van der Waals surface area contributed by atoms with E-state index in [-0.39, 0.29) is 18.6 Å². The summed E-state index contributed by atoms with van der Waals surface area (Å²) < 4.78 is 5.83. The van der Waals surface area contributed by atoms with Crippen molar-refractivity contribution in [3.63, 3.8) is 0 Å². The molecule has 0 radical (unpaired) electrons. The van der Waals surface area contributed by atoms with E-state index in [1.807, 2.05) is 18.2 Å². The van der Waals surface area contributed by atoms with Crippen molar-refractivity contribution in [1.29, 1.82) is 0 Å². The van der Waals surface area contributed by atoms with Gasteiger partial charge in [0.15, 0.2) is 0 Å². The van der Waals surface area contributed by atoms with E-state index < -0.39 is 6.10 Å². The van der Waals surface area contributed by atoms with Gasteiger partial charge in [0.1, 0.15) is 0 Å². The van der Waals surface area contributed by atoms with Gasteiger partial charge in [-0.25, -0.2) is 0 Å². The van der Waals surface area contributed by atoms with Crippen LogP contribution >= 0.6 is 0 Å². The maximum Gasteiger partial charge on any atom is 0.0964 e. The van der Waals surface area contributed by atoms with Crippen LogP contribution in [0.1, 0.15) is 25.3 Å². The number of hydrogen-bond donors (Lipinski definition) is 2. The van der Waals surface area contributed by atoms with Crippen LogP contribution in [0.4, 0.5) is 0 Å². The van der Waals surface area contributed by atoms with Crippen molar-refractivity contribution >= 4 is 0 Å². The molecule has 1 aliphatic heterocycles. The van der Waals surface area contributed by atoms with Gasteiger partial charge in [0, 0.05) is 38.8 Å². The first-order valence-electron chi connectivity index (χ1n) is 7.91. The number of aliphatic hydroxyl groups is 2. The lowest BCUT2D eigenvalue weighted by atomic mass is 9.92. The van der Waals surface area contributed by atoms with Crippen molar-refractivity contribution in [1.82, 2.24) is 4.90 Å². The molecule has 2 N–H and O–H groups in total. The fraction of sp³-hybridized carbons (Fsp3) is 0.647. The molecule has 3 atom stereocenters. The highest BCUT2D eigenvalue weighted by molar-refractivity contribution is 5.14. The van der Waals surface area contributed by atoms with Crippen molar-refractivity contribution < 1.29 is 14.9 Å². The molecule has 118 valence electrons. The number of ether oxygens (including phenoxy) is 1. The number of unbranched alkanes of at least 4 members (excludes halogenated alkanes) is 1. The van der Waals surface area contributed by atoms with Crippen molar-refractivity contribution in [3.8, 4) is 0 Å². The first kappa shape index (κ1) is 16.4. The first-order valence-corrected chi connectivity index (χ1v) is 7.91. The summed E-state index contributed by atoms with van der Waals surface area (Å²) >= 11 is 0. The third kappa shape index (κ3) is 4.78. The van der Waals surface area contributed by atoms with Gasteiger partial charge in [0.25, 0.3) is 0 Å². The molecule has 0 bridgehead atoms. The van der Waals surface area contributed by atoms with Crippen LogP contribution in [-0.4, -0.2) is 53.6 Å². The summed E-state index contributed by atoms with van der Waals surface area (Å²) in [5, 5.41) is 19.8. The molecule has 0 saturated carbocycles. The van der Waals surface area contributed by atoms with Crippen molar-refractivity contribution in [3.05, 3.63) is 35.9 Å². The molecule has 0 amide bonds. The third-order valence-corrected chi connectivity index (χ3v) is 4.11. The minimum atomic E-state index is -0.570. The Morgan fingerprint density at radius 2 is 2.00 bits per heavy atom. The van der Waals surface area contributed by atoms with Gasteiger partial charge < -0.3 is 14.9 Å². The molecule has 4 nitrogen and oxygen atoms in total. The number of rotatable bonds is 7. The summed E-state index contributed by atoms with van der Waals surface area (Å²) in [6.07, 6.45) is 1.32. The lowest BCUT2D eigenvalue weighted by molar-refractivity contribution is -0.117. The van der Waals surface area contributed by atoms with Gasteiger partial charge in [0.05, 0.1) is 12.2 Å². The highest BCUT2D eigenvalue weighted by atomic mass is 16.5. The fourth-order valence-corrected chi connectivity index (χ4v) is 2.85. The largest absolute Gasteiger partial charge is 0.396 e. The monoisotopic (exact) mass is 293 g/mol. The van der Waals surface area contributed by atoms with Crippen LogP contribution in [-0.2, 0) is 11.3 Å². The lowest BCUT2D eigenvalue weighted by Crippen LogP contribution is -2.54. The zero-order valence-electron chi connectivity index (χ0n) is 12.8. The average molecular weight is 293 g/mol. The summed E-state index contributed by atoms with van der Waals surface area (Å²) in [7, 11) is 0. The van der Waals surface area contributed by atoms with Gasteiger partial charge in [-0.1, -0.05) is 43.7 Å². The van der Waals surface area contributed by atoms with Crippen molar-refractivity contribution in [2.45, 2.75) is 38.5 Å². The molecule has 0 spiro atoms. The number of aliphatic hydroxyl groups excluding tert-OH is 2. The van der Waals surface area contributed by atoms with Crippen LogP contribution in [0.5, 0.6) is 0 Å². The maximum absolute atomic E-state index is 10.3. The summed E-state index contributed by atoms with van der Waals surface area (Å²) in [5.41, 5.74) is 1.25. The van der Waals surface area contributed by atoms with E-state index >= 15 is 0 Å². The molecule has 1 aliphatic rings. The normalized spacial score (nSPS) is 26.9. The highest BCUT2D eigenvalue weighted by Gasteiger charge is 2.35. The molecule has 0 aromatic heterocycles. The van der Waals surface area contributed by atoms with Gasteiger partial charge in [-0.3, -0.25) is 4.90 Å². The van der Waals surface area contributed by atoms with Crippen molar-refractivity contribution in [2.75, 3.05) is 26.3 Å². The summed E-state index contributed by atoms with van der Waals surface area (Å²) in [5.74, 6) is -0.130. The molecule has 1 saturated heterocycles. The number of hydrogen-bond acceptors (Lipinski definition) is 4. The molecule has 1 aromatic rings. The average Bonchev–Trinajstić information content (AvgIpc) is 2.51. The van der Waals surface area contributed by atoms with Crippen LogP contribution in [0, 0.1) is 5.92 Å². The van der Waals surface area contributed by atoms with E-state index in [9.17, 15) is 10.2 Å². The molecular formula is C17H27NO3. The topological polar surface area (TPSA) is 52.9 Å². The zero-order chi connectivity index (χ0) is 15.1. The van der Waals surface area contributed by atoms with E-state index in [0.29, 0.717) is 13.2 Å². The minimum Gasteiger partial charge on any atom is -0.396 e. The highest BCUT2D eigenvalue weighted by Crippen LogP contribution is 2.22. The van der Waals surface area contributed by atoms with E-state index in [1.54, 1.807) is 0 Å². The van der Waals surface area contributed by atoms with Crippen LogP contribution < -0.4 is 0 Å². The molecule has 0 aliphatic carbocycles. The molecule has 4 heteroatoms. The molecule has 1 unspecified atom stereocenters. The molecule has 1 aromatic carbocycles. The van der Waals surface area contributed by atoms with Crippen LogP contribution in [0.2, 0.25) is 0 Å². The third-order valence-electron chi connectivity index (χ3n) is 4.11. The lowest BCUT2D eigenvalue weighted by Gasteiger charge is -2.40. The molecule has 1 heterocycles. The molecule has 21 heavy (non-hydrogen) atoms. The van der Waals surface area contributed by atoms with E-state index in [2.05, 4.69) is 24.0 Å². The van der Waals surface area contributed by atoms with E-state index in [4.69, 9.17) is 4.74 Å². The standard InChI is InChI=1S/C17H27NO3/c1-2-3-9-21-16-12-18(11-15(13-19)17(16)20)10-14-7-5-4-6-8-14/h4-8,15-17,19-20H,2-3,9-13H2,1H3/t15?,16-,17+/m0/s1. The SMILES string of the molecule is CCCCO[C@H]1CN(Cc2ccccc2)CC(CO)[C@H]1O. The summed E-state index contributed by atoms with van der Waals surface area (Å²) in [6.45, 7) is 5.06. The molecule has 1 fully saturated rings. The Morgan fingerprint density at radius 3 is 2.67 bits per heavy atom. The first-order chi connectivity index (χ1) is 10.2. The number of nitrogens with zero attached hydrogens (tertiary/aromatic N) is 1. The quantitative estimate of drug-likeness (QED) is 0.751. The van der Waals surface area contributed by atoms with Gasteiger partial charge in [-0.05, 0) is 12.0 Å². The van der Waals surface area contributed by atoms with Crippen LogP contribution in [0.25, 0.3) is 0 Å². The van der Waals surface area contributed by atoms with Crippen molar-refractivity contribution in [2.24, 2.45) is 5.92 Å². The molecule has 2 rings (SSSR count). The van der Waals surface area contributed by atoms with Gasteiger partial charge in [-0.2, -0.15) is 0 Å². The Kier molecular flexibility index (Phi) is 6.64. The Balaban J connectivity index is 1.95. The van der Waals surface area contributed by atoms with Gasteiger partial charge in [-0.15, -0.1) is 0 Å². The van der Waals surface area contributed by atoms with Gasteiger partial charge >= 0.3 is 0 Å². The zero-order valence-corrected chi connectivity index (χ0v) is 12.8. The Hall–Kier alpha value is -0.940. The summed E-state index contributed by atoms with van der Waals surface area (Å²) in [6, 6.07) is 10.3. The second kappa shape index (κ2) is 8.49. The predicted octanol–water partition coefficient (Wildman–Crippen LogP) is 1.66. The number of likely N-dealkylation sites (tertiary alicyclic amines) is 1. The Morgan fingerprint density at radius 1 is 1.24 bits per heavy atom. The Bertz CT molecular complexity index is 398. The number of piperidine rings is 1. The second-order valence-corrected chi connectivity index (χ2v) is 5.88. The Labute approximate surface area is 127 Å². The van der Waals surface area contributed by atoms with Gasteiger partial charge in [0.2, 0.25) is 0 Å². The van der Waals surface area contributed by atoms with E-state index in [1.165, 1.54) is 5.56 Å². The predicted molar refractivity (Wildman–Crippen MR) is 82.9 cm³/mol. The molecular weight excluding hydrogens is 266 g/mol. The van der Waals surface area contributed by atoms with E-state index in [0.717, 1.165) is 25.9 Å². The fourth-order valence-electron chi connectivity index (χ4n) is 2.85. The summed E-state index contributed by atoms with van der Waals surface area (Å²) in [4.78, 5) is 2.26. The second-order valence-electron chi connectivity index (χ2n) is 5.88. The minimum absolute atomic E-state index is 0.0000934.